The van der Waals surface area contributed by atoms with Gasteiger partial charge in [0.25, 0.3) is 0 Å². The van der Waals surface area contributed by atoms with E-state index in [1.54, 1.807) is 18.7 Å². The van der Waals surface area contributed by atoms with Crippen LogP contribution in [-0.4, -0.2) is 73.9 Å². The molecule has 0 saturated heterocycles. The molecule has 0 aromatic heterocycles. The van der Waals surface area contributed by atoms with Gasteiger partial charge in [0.05, 0.1) is 37.0 Å². The average molecular weight is 627 g/mol. The third-order valence-corrected chi connectivity index (χ3v) is 10.9. The topological polar surface area (TPSA) is 114 Å². The minimum atomic E-state index is -6.09. The Kier molecular flexibility index (Phi) is 22.2. The first-order valence-electron chi connectivity index (χ1n) is 8.49. The zero-order valence-corrected chi connectivity index (χ0v) is 22.0. The van der Waals surface area contributed by atoms with Crippen molar-refractivity contribution in [3.05, 3.63) is 0 Å². The van der Waals surface area contributed by atoms with Gasteiger partial charge >= 0.3 is 31.4 Å². The molecular weight excluding hydrogens is 599 g/mol. The van der Waals surface area contributed by atoms with Gasteiger partial charge in [-0.2, -0.15) is 26.3 Å². The Bertz CT molecular complexity index is 567. The van der Waals surface area contributed by atoms with Gasteiger partial charge in [-0.25, -0.2) is 16.8 Å². The smallest absolute Gasteiger partial charge is 0.741 e. The van der Waals surface area contributed by atoms with Crippen molar-refractivity contribution in [2.24, 2.45) is 0 Å². The molecule has 0 heterocycles. The SMILES string of the molecule is CC[PH+](CC)CCC[PH+](CC)CC.O=S(=O)([O-])C(F)(F)F.O=S(=O)([O-])C(F)(F)F.[Pd+2]. The van der Waals surface area contributed by atoms with E-state index in [2.05, 4.69) is 27.7 Å². The predicted molar refractivity (Wildman–Crippen MR) is 105 cm³/mol. The molecule has 188 valence electrons. The van der Waals surface area contributed by atoms with Gasteiger partial charge in [0.15, 0.2) is 20.2 Å². The van der Waals surface area contributed by atoms with Crippen LogP contribution in [0.2, 0.25) is 0 Å². The fourth-order valence-corrected chi connectivity index (χ4v) is 5.92. The summed E-state index contributed by atoms with van der Waals surface area (Å²) >= 11 is 0. The van der Waals surface area contributed by atoms with Crippen molar-refractivity contribution >= 4 is 36.1 Å². The van der Waals surface area contributed by atoms with Crippen LogP contribution < -0.4 is 0 Å². The summed E-state index contributed by atoms with van der Waals surface area (Å²) < 4.78 is 118. The van der Waals surface area contributed by atoms with E-state index in [1.807, 2.05) is 0 Å². The van der Waals surface area contributed by atoms with E-state index >= 15 is 0 Å². The molecule has 0 aromatic rings. The first-order valence-corrected chi connectivity index (χ1v) is 15.6. The van der Waals surface area contributed by atoms with Crippen LogP contribution in [0, 0.1) is 0 Å². The van der Waals surface area contributed by atoms with Gasteiger partial charge in [0.2, 0.25) is 0 Å². The van der Waals surface area contributed by atoms with Crippen LogP contribution in [-0.2, 0) is 40.7 Å². The Hall–Kier alpha value is 0.922. The molecule has 0 fully saturated rings. The zero-order chi connectivity index (χ0) is 24.1. The number of alkyl halides is 6. The minimum absolute atomic E-state index is 0. The van der Waals surface area contributed by atoms with Gasteiger partial charge in [0, 0.05) is 22.3 Å². The van der Waals surface area contributed by atoms with Crippen LogP contribution in [0.3, 0.4) is 0 Å². The third-order valence-electron chi connectivity index (χ3n) is 3.63. The fraction of sp³-hybridized carbons (Fsp3) is 1.00. The summed E-state index contributed by atoms with van der Waals surface area (Å²) in [6.07, 6.45) is 10.7. The summed E-state index contributed by atoms with van der Waals surface area (Å²) in [4.78, 5) is 0. The molecule has 0 N–H and O–H groups in total. The monoisotopic (exact) mass is 626 g/mol. The van der Waals surface area contributed by atoms with Gasteiger partial charge < -0.3 is 9.11 Å². The Balaban J connectivity index is -0.000000174. The van der Waals surface area contributed by atoms with Gasteiger partial charge in [-0.05, 0) is 27.7 Å². The second kappa shape index (κ2) is 17.4. The Morgan fingerprint density at radius 2 is 0.800 bits per heavy atom. The van der Waals surface area contributed by atoms with Crippen LogP contribution in [0.25, 0.3) is 0 Å². The first kappa shape index (κ1) is 38.2. The molecule has 0 aromatic carbocycles. The molecule has 0 aliphatic carbocycles. The second-order valence-electron chi connectivity index (χ2n) is 5.57. The maximum absolute atomic E-state index is 10.7. The zero-order valence-electron chi connectivity index (χ0n) is 16.8. The van der Waals surface area contributed by atoms with Crippen LogP contribution >= 0.6 is 15.8 Å². The quantitative estimate of drug-likeness (QED) is 0.132. The largest absolute Gasteiger partial charge is 2.00 e. The summed E-state index contributed by atoms with van der Waals surface area (Å²) in [5, 5.41) is 0. The normalized spacial score (nSPS) is 12.5. The molecular formula is C13H28F6O6P2PdS2+2. The van der Waals surface area contributed by atoms with E-state index in [9.17, 15) is 26.3 Å². The van der Waals surface area contributed by atoms with Crippen molar-refractivity contribution in [1.29, 1.82) is 0 Å². The van der Waals surface area contributed by atoms with Crippen LogP contribution in [0.5, 0.6) is 0 Å². The standard InChI is InChI=1S/C11H26P2.2CHF3O3S.Pd/c1-5-12(6-2)10-9-11-13(7-3)8-4;2*2-1(3,4)8(5,6)7;/h5-11H2,1-4H3;2*(H,5,6,7);/q;;;+2. The minimum Gasteiger partial charge on any atom is -0.741 e. The Morgan fingerprint density at radius 1 is 0.633 bits per heavy atom. The summed E-state index contributed by atoms with van der Waals surface area (Å²) in [5.41, 5.74) is -11.3. The van der Waals surface area contributed by atoms with E-state index in [0.29, 0.717) is 0 Å². The van der Waals surface area contributed by atoms with E-state index < -0.39 is 31.3 Å². The number of hydrogen-bond acceptors (Lipinski definition) is 6. The molecule has 0 radical (unpaired) electrons. The molecule has 0 saturated carbocycles. The van der Waals surface area contributed by atoms with E-state index in [4.69, 9.17) is 25.9 Å². The van der Waals surface area contributed by atoms with Crippen molar-refractivity contribution in [3.63, 3.8) is 0 Å². The van der Waals surface area contributed by atoms with Crippen molar-refractivity contribution < 1.29 is 72.7 Å². The summed E-state index contributed by atoms with van der Waals surface area (Å²) in [6, 6.07) is 0. The first-order chi connectivity index (χ1) is 12.8. The molecule has 0 spiro atoms. The molecule has 0 aliphatic heterocycles. The molecule has 0 amide bonds. The fourth-order valence-electron chi connectivity index (χ4n) is 1.80. The molecule has 0 atom stereocenters. The third kappa shape index (κ3) is 20.8. The van der Waals surface area contributed by atoms with Gasteiger partial charge in [0.1, 0.15) is 0 Å². The molecule has 0 rings (SSSR count). The van der Waals surface area contributed by atoms with Crippen LogP contribution in [0.15, 0.2) is 0 Å². The van der Waals surface area contributed by atoms with Gasteiger partial charge in [-0.1, -0.05) is 0 Å². The number of hydrogen-bond donors (Lipinski definition) is 0. The number of rotatable bonds is 8. The molecule has 30 heavy (non-hydrogen) atoms. The maximum Gasteiger partial charge on any atom is 2.00 e. The van der Waals surface area contributed by atoms with Gasteiger partial charge in [-0.15, -0.1) is 0 Å². The molecule has 6 nitrogen and oxygen atoms in total. The number of halogens is 6. The summed E-state index contributed by atoms with van der Waals surface area (Å²) in [7, 11) is -12.0. The molecule has 0 bridgehead atoms. The van der Waals surface area contributed by atoms with Crippen LogP contribution in [0.1, 0.15) is 34.1 Å². The maximum atomic E-state index is 10.7. The van der Waals surface area contributed by atoms with Crippen molar-refractivity contribution in [1.82, 2.24) is 0 Å². The molecule has 0 aliphatic rings. The van der Waals surface area contributed by atoms with E-state index in [-0.39, 0.29) is 36.3 Å². The average Bonchev–Trinajstić information content (AvgIpc) is 2.53. The van der Waals surface area contributed by atoms with Gasteiger partial charge in [-0.3, -0.25) is 0 Å². The predicted octanol–water partition coefficient (Wildman–Crippen LogP) is 3.98. The van der Waals surface area contributed by atoms with Crippen molar-refractivity contribution in [2.45, 2.75) is 45.1 Å². The second-order valence-corrected chi connectivity index (χ2v) is 15.1. The van der Waals surface area contributed by atoms with Crippen LogP contribution in [0.4, 0.5) is 26.3 Å². The van der Waals surface area contributed by atoms with E-state index in [1.165, 1.54) is 24.6 Å². The Morgan fingerprint density at radius 3 is 0.900 bits per heavy atom. The van der Waals surface area contributed by atoms with Crippen molar-refractivity contribution in [2.75, 3.05) is 37.0 Å². The van der Waals surface area contributed by atoms with Crippen molar-refractivity contribution in [3.8, 4) is 0 Å². The Labute approximate surface area is 190 Å². The summed E-state index contributed by atoms with van der Waals surface area (Å²) in [6.45, 7) is 9.51. The molecule has 0 unspecified atom stereocenters. The summed E-state index contributed by atoms with van der Waals surface area (Å²) in [5.74, 6) is 0. The van der Waals surface area contributed by atoms with E-state index in [0.717, 1.165) is 0 Å². The molecule has 17 heteroatoms.